The summed E-state index contributed by atoms with van der Waals surface area (Å²) in [6.07, 6.45) is -0.403. The van der Waals surface area contributed by atoms with E-state index in [1.165, 1.54) is 0 Å². The van der Waals surface area contributed by atoms with Crippen molar-refractivity contribution in [1.29, 1.82) is 0 Å². The summed E-state index contributed by atoms with van der Waals surface area (Å²) >= 11 is 3.37. The number of rotatable bonds is 2. The fourth-order valence-corrected chi connectivity index (χ4v) is 1.43. The zero-order chi connectivity index (χ0) is 9.14. The minimum absolute atomic E-state index is 0.0532. The number of halogens is 1. The molecule has 2 heteroatoms. The molecule has 0 bridgehead atoms. The van der Waals surface area contributed by atoms with E-state index in [4.69, 9.17) is 0 Å². The molecule has 1 aromatic carbocycles. The van der Waals surface area contributed by atoms with Crippen LogP contribution < -0.4 is 0 Å². The fraction of sp³-hybridized carbons (Fsp3) is 0.300. The molecule has 0 heterocycles. The smallest absolute Gasteiger partial charge is 0.0580 e. The van der Waals surface area contributed by atoms with Crippen LogP contribution in [0, 0.1) is 6.92 Å². The Balaban J connectivity index is 2.88. The molecule has 1 N–H and O–H groups in total. The van der Waals surface area contributed by atoms with Gasteiger partial charge in [-0.1, -0.05) is 28.1 Å². The van der Waals surface area contributed by atoms with Gasteiger partial charge < -0.3 is 5.11 Å². The van der Waals surface area contributed by atoms with E-state index in [-0.39, 0.29) is 5.92 Å². The normalized spacial score (nSPS) is 15.7. The largest absolute Gasteiger partial charge is 0.393 e. The Kier molecular flexibility index (Phi) is 3.29. The highest BCUT2D eigenvalue weighted by atomic mass is 79.9. The Morgan fingerprint density at radius 1 is 1.50 bits per heavy atom. The summed E-state index contributed by atoms with van der Waals surface area (Å²) in [5.74, 6) is -0.0532. The first-order chi connectivity index (χ1) is 5.61. The first-order valence-corrected chi connectivity index (χ1v) is 4.67. The van der Waals surface area contributed by atoms with Gasteiger partial charge in [0, 0.05) is 10.4 Å². The van der Waals surface area contributed by atoms with Crippen molar-refractivity contribution in [2.24, 2.45) is 0 Å². The summed E-state index contributed by atoms with van der Waals surface area (Å²) in [4.78, 5) is 0. The van der Waals surface area contributed by atoms with E-state index in [2.05, 4.69) is 22.9 Å². The second-order valence-electron chi connectivity index (χ2n) is 2.90. The number of hydrogen-bond acceptors (Lipinski definition) is 1. The monoisotopic (exact) mass is 227 g/mol. The van der Waals surface area contributed by atoms with Crippen molar-refractivity contribution in [3.63, 3.8) is 0 Å². The van der Waals surface area contributed by atoms with E-state index in [0.29, 0.717) is 0 Å². The van der Waals surface area contributed by atoms with Crippen molar-refractivity contribution < 1.29 is 5.11 Å². The van der Waals surface area contributed by atoms with Gasteiger partial charge in [-0.15, -0.1) is 0 Å². The van der Waals surface area contributed by atoms with Gasteiger partial charge in [-0.2, -0.15) is 0 Å². The SMILES string of the molecule is [CH2]C(c1cccc(Br)c1)C(C)O. The Labute approximate surface area is 81.6 Å². The molecule has 0 aliphatic heterocycles. The molecule has 0 saturated heterocycles. The zero-order valence-electron chi connectivity index (χ0n) is 7.00. The summed E-state index contributed by atoms with van der Waals surface area (Å²) in [5.41, 5.74) is 1.05. The molecule has 12 heavy (non-hydrogen) atoms. The number of aliphatic hydroxyl groups is 1. The van der Waals surface area contributed by atoms with Crippen LogP contribution in [0.25, 0.3) is 0 Å². The van der Waals surface area contributed by atoms with Crippen LogP contribution in [-0.2, 0) is 0 Å². The molecular weight excluding hydrogens is 216 g/mol. The number of benzene rings is 1. The Morgan fingerprint density at radius 2 is 2.17 bits per heavy atom. The van der Waals surface area contributed by atoms with Gasteiger partial charge in [0.15, 0.2) is 0 Å². The predicted molar refractivity (Wildman–Crippen MR) is 53.9 cm³/mol. The topological polar surface area (TPSA) is 20.2 Å². The van der Waals surface area contributed by atoms with Crippen LogP contribution >= 0.6 is 15.9 Å². The van der Waals surface area contributed by atoms with Crippen molar-refractivity contribution in [2.45, 2.75) is 18.9 Å². The van der Waals surface area contributed by atoms with Gasteiger partial charge in [-0.25, -0.2) is 0 Å². The molecule has 1 aromatic rings. The van der Waals surface area contributed by atoms with Gasteiger partial charge in [-0.05, 0) is 31.5 Å². The van der Waals surface area contributed by atoms with E-state index in [1.54, 1.807) is 6.92 Å². The maximum atomic E-state index is 9.29. The van der Waals surface area contributed by atoms with Crippen LogP contribution in [0.4, 0.5) is 0 Å². The van der Waals surface area contributed by atoms with Crippen molar-refractivity contribution in [3.05, 3.63) is 41.2 Å². The molecule has 1 nitrogen and oxygen atoms in total. The van der Waals surface area contributed by atoms with Crippen molar-refractivity contribution in [3.8, 4) is 0 Å². The fourth-order valence-electron chi connectivity index (χ4n) is 1.02. The Morgan fingerprint density at radius 3 is 2.67 bits per heavy atom. The van der Waals surface area contributed by atoms with Crippen molar-refractivity contribution >= 4 is 15.9 Å². The van der Waals surface area contributed by atoms with Crippen LogP contribution in [0.15, 0.2) is 28.7 Å². The lowest BCUT2D eigenvalue weighted by Gasteiger charge is -2.14. The summed E-state index contributed by atoms with van der Waals surface area (Å²) in [6.45, 7) is 5.63. The maximum absolute atomic E-state index is 9.29. The molecule has 0 aromatic heterocycles. The highest BCUT2D eigenvalue weighted by molar-refractivity contribution is 9.10. The van der Waals surface area contributed by atoms with E-state index < -0.39 is 6.10 Å². The molecule has 2 atom stereocenters. The molecule has 0 aliphatic carbocycles. The molecule has 65 valence electrons. The third-order valence-corrected chi connectivity index (χ3v) is 2.35. The summed E-state index contributed by atoms with van der Waals surface area (Å²) in [7, 11) is 0. The van der Waals surface area contributed by atoms with E-state index in [9.17, 15) is 5.11 Å². The van der Waals surface area contributed by atoms with Crippen LogP contribution in [0.5, 0.6) is 0 Å². The molecule has 0 saturated carbocycles. The lowest BCUT2D eigenvalue weighted by molar-refractivity contribution is 0.178. The summed E-state index contributed by atoms with van der Waals surface area (Å²) in [6, 6.07) is 7.85. The summed E-state index contributed by atoms with van der Waals surface area (Å²) in [5, 5.41) is 9.29. The minimum atomic E-state index is -0.403. The van der Waals surface area contributed by atoms with E-state index >= 15 is 0 Å². The van der Waals surface area contributed by atoms with Gasteiger partial charge in [0.25, 0.3) is 0 Å². The van der Waals surface area contributed by atoms with Gasteiger partial charge in [-0.3, -0.25) is 0 Å². The molecule has 1 radical (unpaired) electrons. The first kappa shape index (κ1) is 9.75. The highest BCUT2D eigenvalue weighted by Gasteiger charge is 2.10. The average Bonchev–Trinajstić information content (AvgIpc) is 2.03. The summed E-state index contributed by atoms with van der Waals surface area (Å²) < 4.78 is 1.02. The van der Waals surface area contributed by atoms with Crippen LogP contribution in [0.2, 0.25) is 0 Å². The molecule has 0 fully saturated rings. The third-order valence-electron chi connectivity index (χ3n) is 1.86. The zero-order valence-corrected chi connectivity index (χ0v) is 8.58. The second-order valence-corrected chi connectivity index (χ2v) is 3.82. The lowest BCUT2D eigenvalue weighted by Crippen LogP contribution is -2.10. The average molecular weight is 228 g/mol. The lowest BCUT2D eigenvalue weighted by atomic mass is 9.97. The van der Waals surface area contributed by atoms with Gasteiger partial charge in [0.05, 0.1) is 6.10 Å². The van der Waals surface area contributed by atoms with E-state index in [0.717, 1.165) is 10.0 Å². The molecule has 2 unspecified atom stereocenters. The van der Waals surface area contributed by atoms with Crippen LogP contribution in [-0.4, -0.2) is 11.2 Å². The molecular formula is C10H12BrO. The van der Waals surface area contributed by atoms with E-state index in [1.807, 2.05) is 24.3 Å². The molecule has 0 amide bonds. The number of aliphatic hydroxyl groups excluding tert-OH is 1. The quantitative estimate of drug-likeness (QED) is 0.825. The maximum Gasteiger partial charge on any atom is 0.0580 e. The standard InChI is InChI=1S/C10H12BrO/c1-7(8(2)12)9-4-3-5-10(11)6-9/h3-8,12H,1H2,2H3. The molecule has 0 aliphatic rings. The Bertz CT molecular complexity index is 258. The highest BCUT2D eigenvalue weighted by Crippen LogP contribution is 2.21. The second kappa shape index (κ2) is 4.06. The molecule has 0 spiro atoms. The van der Waals surface area contributed by atoms with Gasteiger partial charge >= 0.3 is 0 Å². The Hall–Kier alpha value is -0.340. The van der Waals surface area contributed by atoms with Crippen LogP contribution in [0.3, 0.4) is 0 Å². The van der Waals surface area contributed by atoms with Gasteiger partial charge in [0.1, 0.15) is 0 Å². The first-order valence-electron chi connectivity index (χ1n) is 3.88. The van der Waals surface area contributed by atoms with Gasteiger partial charge in [0.2, 0.25) is 0 Å². The van der Waals surface area contributed by atoms with Crippen LogP contribution in [0.1, 0.15) is 18.4 Å². The minimum Gasteiger partial charge on any atom is -0.393 e. The molecule has 1 rings (SSSR count). The third kappa shape index (κ3) is 2.32. The number of hydrogen-bond donors (Lipinski definition) is 1. The predicted octanol–water partition coefficient (Wildman–Crippen LogP) is 2.75. The van der Waals surface area contributed by atoms with Crippen molar-refractivity contribution in [2.75, 3.05) is 0 Å². The van der Waals surface area contributed by atoms with Crippen molar-refractivity contribution in [1.82, 2.24) is 0 Å².